The number of hydrogen-bond donors (Lipinski definition) is 1. The highest BCUT2D eigenvalue weighted by atomic mass is 32.1. The first-order valence-corrected chi connectivity index (χ1v) is 5.95. The Labute approximate surface area is 93.3 Å². The standard InChI is InChI=1S/C11H15NO2S/c1-7-3-4-15-10(7)12(2)6-8-5-9(8)11(13)14/h3-4,8-9H,5-6H2,1-2H3,(H,13,14). The van der Waals surface area contributed by atoms with Gasteiger partial charge in [0.25, 0.3) is 0 Å². The molecule has 0 aliphatic heterocycles. The third kappa shape index (κ3) is 2.15. The lowest BCUT2D eigenvalue weighted by Gasteiger charge is -2.18. The Bertz CT molecular complexity index is 374. The van der Waals surface area contributed by atoms with Gasteiger partial charge < -0.3 is 10.0 Å². The molecular formula is C11H15NO2S. The summed E-state index contributed by atoms with van der Waals surface area (Å²) in [7, 11) is 2.04. The normalized spacial score (nSPS) is 23.9. The van der Waals surface area contributed by atoms with Gasteiger partial charge in [-0.2, -0.15) is 0 Å². The van der Waals surface area contributed by atoms with Crippen LogP contribution in [-0.2, 0) is 4.79 Å². The van der Waals surface area contributed by atoms with Crippen LogP contribution in [0, 0.1) is 18.8 Å². The van der Waals surface area contributed by atoms with Gasteiger partial charge in [0.15, 0.2) is 0 Å². The zero-order valence-corrected chi connectivity index (χ0v) is 9.75. The van der Waals surface area contributed by atoms with E-state index in [0.717, 1.165) is 13.0 Å². The molecule has 82 valence electrons. The van der Waals surface area contributed by atoms with E-state index in [9.17, 15) is 4.79 Å². The molecule has 3 nitrogen and oxygen atoms in total. The molecule has 15 heavy (non-hydrogen) atoms. The van der Waals surface area contributed by atoms with Crippen LogP contribution in [0.25, 0.3) is 0 Å². The average Bonchev–Trinajstić information content (AvgIpc) is 2.79. The van der Waals surface area contributed by atoms with Crippen molar-refractivity contribution in [3.63, 3.8) is 0 Å². The number of carboxylic acids is 1. The van der Waals surface area contributed by atoms with Gasteiger partial charge in [-0.25, -0.2) is 0 Å². The molecule has 1 aliphatic carbocycles. The van der Waals surface area contributed by atoms with Gasteiger partial charge in [0.05, 0.1) is 10.9 Å². The van der Waals surface area contributed by atoms with E-state index in [1.54, 1.807) is 11.3 Å². The summed E-state index contributed by atoms with van der Waals surface area (Å²) < 4.78 is 0. The molecule has 1 fully saturated rings. The highest BCUT2D eigenvalue weighted by Gasteiger charge is 2.43. The van der Waals surface area contributed by atoms with Crippen LogP contribution in [0.5, 0.6) is 0 Å². The lowest BCUT2D eigenvalue weighted by Crippen LogP contribution is -2.21. The van der Waals surface area contributed by atoms with Crippen LogP contribution in [0.3, 0.4) is 0 Å². The minimum atomic E-state index is -0.642. The quantitative estimate of drug-likeness (QED) is 0.854. The zero-order valence-electron chi connectivity index (χ0n) is 8.93. The first-order chi connectivity index (χ1) is 7.09. The summed E-state index contributed by atoms with van der Waals surface area (Å²) in [5.41, 5.74) is 1.27. The predicted molar refractivity (Wildman–Crippen MR) is 61.6 cm³/mol. The second-order valence-corrected chi connectivity index (χ2v) is 5.12. The molecular weight excluding hydrogens is 210 g/mol. The van der Waals surface area contributed by atoms with Gasteiger partial charge >= 0.3 is 5.97 Å². The lowest BCUT2D eigenvalue weighted by atomic mass is 10.3. The maximum absolute atomic E-state index is 10.7. The maximum Gasteiger partial charge on any atom is 0.306 e. The number of nitrogens with zero attached hydrogens (tertiary/aromatic N) is 1. The minimum absolute atomic E-state index is 0.104. The fraction of sp³-hybridized carbons (Fsp3) is 0.545. The second kappa shape index (κ2) is 3.85. The molecule has 0 amide bonds. The summed E-state index contributed by atoms with van der Waals surface area (Å²) in [5.74, 6) is -0.405. The van der Waals surface area contributed by atoms with Gasteiger partial charge in [0.2, 0.25) is 0 Å². The van der Waals surface area contributed by atoms with Crippen molar-refractivity contribution in [2.45, 2.75) is 13.3 Å². The topological polar surface area (TPSA) is 40.5 Å². The van der Waals surface area contributed by atoms with Crippen molar-refractivity contribution in [1.82, 2.24) is 0 Å². The second-order valence-electron chi connectivity index (χ2n) is 4.23. The average molecular weight is 225 g/mol. The summed E-state index contributed by atoms with van der Waals surface area (Å²) in [6, 6.07) is 2.10. The van der Waals surface area contributed by atoms with E-state index >= 15 is 0 Å². The fourth-order valence-electron chi connectivity index (χ4n) is 1.94. The number of carboxylic acid groups (broad SMARTS) is 1. The summed E-state index contributed by atoms with van der Waals surface area (Å²) in [5, 5.41) is 12.1. The Kier molecular flexibility index (Phi) is 2.69. The molecule has 2 rings (SSSR count). The van der Waals surface area contributed by atoms with Gasteiger partial charge in [-0.15, -0.1) is 11.3 Å². The van der Waals surface area contributed by atoms with Crippen molar-refractivity contribution < 1.29 is 9.90 Å². The Morgan fingerprint density at radius 1 is 1.73 bits per heavy atom. The van der Waals surface area contributed by atoms with Crippen molar-refractivity contribution in [3.05, 3.63) is 17.0 Å². The maximum atomic E-state index is 10.7. The molecule has 0 radical (unpaired) electrons. The molecule has 1 N–H and O–H groups in total. The molecule has 2 unspecified atom stereocenters. The van der Waals surface area contributed by atoms with E-state index in [4.69, 9.17) is 5.11 Å². The van der Waals surface area contributed by atoms with Crippen molar-refractivity contribution in [1.29, 1.82) is 0 Å². The number of rotatable bonds is 4. The molecule has 1 aromatic rings. The smallest absolute Gasteiger partial charge is 0.306 e. The van der Waals surface area contributed by atoms with E-state index in [-0.39, 0.29) is 5.92 Å². The zero-order chi connectivity index (χ0) is 11.0. The third-order valence-electron chi connectivity index (χ3n) is 2.93. The number of aryl methyl sites for hydroxylation is 1. The Hall–Kier alpha value is -1.03. The molecule has 1 aliphatic rings. The van der Waals surface area contributed by atoms with Crippen molar-refractivity contribution in [3.8, 4) is 0 Å². The van der Waals surface area contributed by atoms with Gasteiger partial charge in [-0.3, -0.25) is 4.79 Å². The molecule has 0 spiro atoms. The van der Waals surface area contributed by atoms with Crippen LogP contribution in [0.2, 0.25) is 0 Å². The van der Waals surface area contributed by atoms with Crippen LogP contribution < -0.4 is 4.90 Å². The number of carbonyl (C=O) groups is 1. The Morgan fingerprint density at radius 3 is 2.93 bits per heavy atom. The molecule has 0 aromatic carbocycles. The molecule has 1 heterocycles. The summed E-state index contributed by atoms with van der Waals surface area (Å²) in [4.78, 5) is 12.9. The predicted octanol–water partition coefficient (Wildman–Crippen LogP) is 2.21. The monoisotopic (exact) mass is 225 g/mol. The number of aliphatic carboxylic acids is 1. The van der Waals surface area contributed by atoms with Crippen molar-refractivity contribution in [2.24, 2.45) is 11.8 Å². The highest BCUT2D eigenvalue weighted by molar-refractivity contribution is 7.14. The van der Waals surface area contributed by atoms with Gasteiger partial charge in [-0.1, -0.05) is 0 Å². The molecule has 0 bridgehead atoms. The number of anilines is 1. The van der Waals surface area contributed by atoms with E-state index in [2.05, 4.69) is 23.3 Å². The summed E-state index contributed by atoms with van der Waals surface area (Å²) in [6.45, 7) is 2.95. The fourth-order valence-corrected chi connectivity index (χ4v) is 2.85. The van der Waals surface area contributed by atoms with Crippen LogP contribution in [0.15, 0.2) is 11.4 Å². The van der Waals surface area contributed by atoms with Crippen molar-refractivity contribution in [2.75, 3.05) is 18.5 Å². The SMILES string of the molecule is Cc1ccsc1N(C)CC1CC1C(=O)O. The van der Waals surface area contributed by atoms with Crippen LogP contribution in [-0.4, -0.2) is 24.7 Å². The Balaban J connectivity index is 1.92. The van der Waals surface area contributed by atoms with Gasteiger partial charge in [0.1, 0.15) is 0 Å². The molecule has 1 aromatic heterocycles. The first kappa shape index (κ1) is 10.5. The van der Waals surface area contributed by atoms with Crippen LogP contribution >= 0.6 is 11.3 Å². The third-order valence-corrected chi connectivity index (χ3v) is 4.06. The van der Waals surface area contributed by atoms with E-state index in [1.165, 1.54) is 10.6 Å². The largest absolute Gasteiger partial charge is 0.481 e. The summed E-state index contributed by atoms with van der Waals surface area (Å²) >= 11 is 1.72. The highest BCUT2D eigenvalue weighted by Crippen LogP contribution is 2.40. The van der Waals surface area contributed by atoms with E-state index in [1.807, 2.05) is 7.05 Å². The first-order valence-electron chi connectivity index (χ1n) is 5.07. The lowest BCUT2D eigenvalue weighted by molar-refractivity contribution is -0.138. The van der Waals surface area contributed by atoms with E-state index < -0.39 is 5.97 Å². The van der Waals surface area contributed by atoms with Gasteiger partial charge in [0, 0.05) is 13.6 Å². The van der Waals surface area contributed by atoms with E-state index in [0.29, 0.717) is 5.92 Å². The minimum Gasteiger partial charge on any atom is -0.481 e. The van der Waals surface area contributed by atoms with Gasteiger partial charge in [-0.05, 0) is 36.3 Å². The molecule has 0 saturated heterocycles. The molecule has 1 saturated carbocycles. The molecule has 2 atom stereocenters. The van der Waals surface area contributed by atoms with Crippen LogP contribution in [0.1, 0.15) is 12.0 Å². The molecule has 4 heteroatoms. The van der Waals surface area contributed by atoms with Crippen LogP contribution in [0.4, 0.5) is 5.00 Å². The number of thiophene rings is 1. The summed E-state index contributed by atoms with van der Waals surface area (Å²) in [6.07, 6.45) is 0.837. The number of hydrogen-bond acceptors (Lipinski definition) is 3. The Morgan fingerprint density at radius 2 is 2.47 bits per heavy atom. The van der Waals surface area contributed by atoms with Crippen molar-refractivity contribution >= 4 is 22.3 Å².